The van der Waals surface area contributed by atoms with Crippen LogP contribution < -0.4 is 9.64 Å². The fraction of sp³-hybridized carbons (Fsp3) is 0.294. The van der Waals surface area contributed by atoms with Crippen molar-refractivity contribution in [2.45, 2.75) is 12.6 Å². The molecule has 1 aliphatic rings. The Morgan fingerprint density at radius 3 is 2.92 bits per heavy atom. The second kappa shape index (κ2) is 5.74. The Kier molecular flexibility index (Phi) is 3.55. The minimum absolute atomic E-state index is 0.303. The summed E-state index contributed by atoms with van der Waals surface area (Å²) in [6.45, 7) is 0.898. The normalized spacial score (nSPS) is 17.6. The Hall–Kier alpha value is -2.70. The van der Waals surface area contributed by atoms with Crippen molar-refractivity contribution in [1.29, 1.82) is 0 Å². The highest BCUT2D eigenvalue weighted by molar-refractivity contribution is 6.02. The number of H-pyrrole nitrogens is 1. The first-order valence-electron chi connectivity index (χ1n) is 7.72. The van der Waals surface area contributed by atoms with Crippen LogP contribution in [0.25, 0.3) is 22.2 Å². The number of alkyl halides is 1. The van der Waals surface area contributed by atoms with Gasteiger partial charge in [0, 0.05) is 23.9 Å². The third kappa shape index (κ3) is 2.36. The van der Waals surface area contributed by atoms with E-state index in [9.17, 15) is 8.78 Å². The van der Waals surface area contributed by atoms with Crippen molar-refractivity contribution < 1.29 is 13.5 Å². The molecular formula is C17H16F2N4O. The zero-order valence-corrected chi connectivity index (χ0v) is 13.1. The molecule has 0 unspecified atom stereocenters. The van der Waals surface area contributed by atoms with Crippen molar-refractivity contribution in [3.05, 3.63) is 36.5 Å². The van der Waals surface area contributed by atoms with Gasteiger partial charge in [0.2, 0.25) is 0 Å². The van der Waals surface area contributed by atoms with E-state index in [1.54, 1.807) is 12.3 Å². The number of aromatic nitrogens is 3. The number of halogens is 2. The van der Waals surface area contributed by atoms with E-state index in [0.29, 0.717) is 42.3 Å². The molecule has 1 fully saturated rings. The number of nitrogens with zero attached hydrogens (tertiary/aromatic N) is 3. The molecule has 0 spiro atoms. The van der Waals surface area contributed by atoms with Crippen molar-refractivity contribution in [2.24, 2.45) is 0 Å². The van der Waals surface area contributed by atoms with Crippen LogP contribution in [-0.2, 0) is 0 Å². The zero-order chi connectivity index (χ0) is 16.7. The largest absolute Gasteiger partial charge is 0.496 e. The van der Waals surface area contributed by atoms with E-state index in [1.807, 2.05) is 4.90 Å². The summed E-state index contributed by atoms with van der Waals surface area (Å²) in [7, 11) is 1.54. The SMILES string of the molecule is COc1ccc(F)cc1-c1c[nH]c2ncnc(N3CC[C@H](F)C3)c12. The lowest BCUT2D eigenvalue weighted by Crippen LogP contribution is -2.21. The van der Waals surface area contributed by atoms with E-state index in [1.165, 1.54) is 25.6 Å². The number of hydrogen-bond donors (Lipinski definition) is 1. The van der Waals surface area contributed by atoms with Gasteiger partial charge in [0.15, 0.2) is 0 Å². The lowest BCUT2D eigenvalue weighted by Gasteiger charge is -2.18. The van der Waals surface area contributed by atoms with Gasteiger partial charge in [-0.15, -0.1) is 0 Å². The van der Waals surface area contributed by atoms with E-state index in [4.69, 9.17) is 4.74 Å². The number of ether oxygens (including phenoxy) is 1. The van der Waals surface area contributed by atoms with Crippen molar-refractivity contribution >= 4 is 16.9 Å². The molecule has 1 aromatic carbocycles. The maximum atomic E-state index is 13.8. The molecule has 0 amide bonds. The summed E-state index contributed by atoms with van der Waals surface area (Å²) in [5, 5.41) is 0.746. The molecule has 1 saturated heterocycles. The summed E-state index contributed by atoms with van der Waals surface area (Å²) < 4.78 is 32.7. The number of hydrogen-bond acceptors (Lipinski definition) is 4. The molecule has 0 radical (unpaired) electrons. The molecule has 3 heterocycles. The molecule has 0 aliphatic carbocycles. The van der Waals surface area contributed by atoms with Crippen LogP contribution >= 0.6 is 0 Å². The standard InChI is InChI=1S/C17H16F2N4O/c1-24-14-3-2-10(18)6-12(14)13-7-20-16-15(13)17(22-9-21-16)23-5-4-11(19)8-23/h2-3,6-7,9,11H,4-5,8H2,1H3,(H,20,21,22)/t11-/m0/s1. The molecule has 0 saturated carbocycles. The fourth-order valence-corrected chi connectivity index (χ4v) is 3.20. The predicted octanol–water partition coefficient (Wildman–Crippen LogP) is 3.32. The Bertz CT molecular complexity index is 895. The highest BCUT2D eigenvalue weighted by Gasteiger charge is 2.26. The summed E-state index contributed by atoms with van der Waals surface area (Å²) in [6.07, 6.45) is 2.82. The quantitative estimate of drug-likeness (QED) is 0.800. The highest BCUT2D eigenvalue weighted by Crippen LogP contribution is 2.39. The highest BCUT2D eigenvalue weighted by atomic mass is 19.1. The topological polar surface area (TPSA) is 54.0 Å². The molecule has 3 aromatic rings. The molecule has 5 nitrogen and oxygen atoms in total. The van der Waals surface area contributed by atoms with Crippen LogP contribution in [0.3, 0.4) is 0 Å². The average Bonchev–Trinajstić information content (AvgIpc) is 3.20. The first kappa shape index (κ1) is 14.9. The fourth-order valence-electron chi connectivity index (χ4n) is 3.20. The summed E-state index contributed by atoms with van der Waals surface area (Å²) in [4.78, 5) is 13.6. The monoisotopic (exact) mass is 330 g/mol. The third-order valence-electron chi connectivity index (χ3n) is 4.33. The number of aromatic amines is 1. The van der Waals surface area contributed by atoms with Gasteiger partial charge >= 0.3 is 0 Å². The van der Waals surface area contributed by atoms with Crippen LogP contribution in [0.15, 0.2) is 30.7 Å². The summed E-state index contributed by atoms with van der Waals surface area (Å²) in [5.41, 5.74) is 1.97. The minimum Gasteiger partial charge on any atom is -0.496 e. The van der Waals surface area contributed by atoms with E-state index in [-0.39, 0.29) is 5.82 Å². The first-order valence-corrected chi connectivity index (χ1v) is 7.72. The smallest absolute Gasteiger partial charge is 0.143 e. The van der Waals surface area contributed by atoms with Gasteiger partial charge in [-0.2, -0.15) is 0 Å². The maximum absolute atomic E-state index is 13.8. The minimum atomic E-state index is -0.860. The van der Waals surface area contributed by atoms with E-state index < -0.39 is 6.17 Å². The van der Waals surface area contributed by atoms with Gasteiger partial charge in [0.05, 0.1) is 19.0 Å². The maximum Gasteiger partial charge on any atom is 0.143 e. The molecule has 0 bridgehead atoms. The molecule has 1 N–H and O–H groups in total. The van der Waals surface area contributed by atoms with Crippen LogP contribution in [0.2, 0.25) is 0 Å². The van der Waals surface area contributed by atoms with E-state index in [2.05, 4.69) is 15.0 Å². The van der Waals surface area contributed by atoms with Gasteiger partial charge < -0.3 is 14.6 Å². The average molecular weight is 330 g/mol. The molecular weight excluding hydrogens is 314 g/mol. The lowest BCUT2D eigenvalue weighted by molar-refractivity contribution is 0.364. The molecule has 24 heavy (non-hydrogen) atoms. The summed E-state index contributed by atoms with van der Waals surface area (Å²) in [6, 6.07) is 4.35. The number of rotatable bonds is 3. The Morgan fingerprint density at radius 1 is 1.29 bits per heavy atom. The second-order valence-corrected chi connectivity index (χ2v) is 5.80. The summed E-state index contributed by atoms with van der Waals surface area (Å²) >= 11 is 0. The predicted molar refractivity (Wildman–Crippen MR) is 87.6 cm³/mol. The van der Waals surface area contributed by atoms with Crippen molar-refractivity contribution in [3.63, 3.8) is 0 Å². The van der Waals surface area contributed by atoms with Crippen LogP contribution in [0.5, 0.6) is 5.75 Å². The number of nitrogens with one attached hydrogen (secondary N) is 1. The third-order valence-corrected chi connectivity index (χ3v) is 4.33. The van der Waals surface area contributed by atoms with Crippen LogP contribution in [0, 0.1) is 5.82 Å². The van der Waals surface area contributed by atoms with Crippen LogP contribution in [-0.4, -0.2) is 41.3 Å². The van der Waals surface area contributed by atoms with Crippen LogP contribution in [0.4, 0.5) is 14.6 Å². The second-order valence-electron chi connectivity index (χ2n) is 5.80. The first-order chi connectivity index (χ1) is 11.7. The molecule has 4 rings (SSSR count). The van der Waals surface area contributed by atoms with Gasteiger partial charge in [-0.1, -0.05) is 0 Å². The molecule has 124 valence electrons. The van der Waals surface area contributed by atoms with Crippen molar-refractivity contribution in [1.82, 2.24) is 15.0 Å². The summed E-state index contributed by atoms with van der Waals surface area (Å²) in [5.74, 6) is 0.850. The zero-order valence-electron chi connectivity index (χ0n) is 13.1. The number of methoxy groups -OCH3 is 1. The molecule has 1 atom stereocenters. The van der Waals surface area contributed by atoms with Gasteiger partial charge in [-0.05, 0) is 24.6 Å². The van der Waals surface area contributed by atoms with Gasteiger partial charge in [0.1, 0.15) is 35.5 Å². The Labute approximate surface area is 137 Å². The van der Waals surface area contributed by atoms with Gasteiger partial charge in [0.25, 0.3) is 0 Å². The van der Waals surface area contributed by atoms with Crippen LogP contribution in [0.1, 0.15) is 6.42 Å². The van der Waals surface area contributed by atoms with Gasteiger partial charge in [-0.3, -0.25) is 0 Å². The van der Waals surface area contributed by atoms with Crippen molar-refractivity contribution in [2.75, 3.05) is 25.1 Å². The van der Waals surface area contributed by atoms with E-state index in [0.717, 1.165) is 10.9 Å². The number of benzene rings is 1. The molecule has 2 aromatic heterocycles. The number of fused-ring (bicyclic) bond motifs is 1. The van der Waals surface area contributed by atoms with E-state index >= 15 is 0 Å². The Balaban J connectivity index is 1.93. The lowest BCUT2D eigenvalue weighted by atomic mass is 10.0. The molecule has 7 heteroatoms. The molecule has 1 aliphatic heterocycles. The Morgan fingerprint density at radius 2 is 2.17 bits per heavy atom. The van der Waals surface area contributed by atoms with Crippen molar-refractivity contribution in [3.8, 4) is 16.9 Å². The number of anilines is 1. The van der Waals surface area contributed by atoms with Gasteiger partial charge in [-0.25, -0.2) is 18.7 Å².